The fraction of sp³-hybridized carbons (Fsp3) is 0.667. The Kier molecular flexibility index (Phi) is 7.69. The molecule has 124 valence electrons. The van der Waals surface area contributed by atoms with E-state index in [0.29, 0.717) is 17.6 Å². The van der Waals surface area contributed by atoms with Crippen molar-refractivity contribution in [1.29, 1.82) is 0 Å². The lowest BCUT2D eigenvalue weighted by Crippen LogP contribution is -2.32. The molecular weight excluding hydrogens is 278 g/mol. The summed E-state index contributed by atoms with van der Waals surface area (Å²) in [5.41, 5.74) is 2.19. The van der Waals surface area contributed by atoms with Crippen LogP contribution in [0.4, 0.5) is 0 Å². The van der Waals surface area contributed by atoms with Crippen LogP contribution in [0.3, 0.4) is 0 Å². The van der Waals surface area contributed by atoms with Crippen LogP contribution in [0.5, 0.6) is 0 Å². The summed E-state index contributed by atoms with van der Waals surface area (Å²) in [6, 6.07) is 0.300. The van der Waals surface area contributed by atoms with Crippen molar-refractivity contribution >= 4 is 12.1 Å². The van der Waals surface area contributed by atoms with E-state index in [1.807, 2.05) is 33.8 Å². The highest BCUT2D eigenvalue weighted by Crippen LogP contribution is 2.22. The molecule has 0 spiro atoms. The fourth-order valence-electron chi connectivity index (χ4n) is 2.87. The van der Waals surface area contributed by atoms with Gasteiger partial charge in [0, 0.05) is 29.1 Å². The summed E-state index contributed by atoms with van der Waals surface area (Å²) < 4.78 is 0. The maximum absolute atomic E-state index is 12.3. The molecule has 2 N–H and O–H groups in total. The van der Waals surface area contributed by atoms with Crippen LogP contribution >= 0.6 is 0 Å². The number of carbonyl (C=O) groups is 2. The van der Waals surface area contributed by atoms with Gasteiger partial charge in [0.1, 0.15) is 6.29 Å². The van der Waals surface area contributed by atoms with Crippen molar-refractivity contribution in [3.8, 4) is 0 Å². The summed E-state index contributed by atoms with van der Waals surface area (Å²) in [5, 5.41) is 12.5. The van der Waals surface area contributed by atoms with E-state index in [4.69, 9.17) is 0 Å². The van der Waals surface area contributed by atoms with Gasteiger partial charge in [-0.25, -0.2) is 0 Å². The summed E-state index contributed by atoms with van der Waals surface area (Å²) in [6.45, 7) is 7.84. The summed E-state index contributed by atoms with van der Waals surface area (Å²) in [6.07, 6.45) is 5.99. The zero-order valence-corrected chi connectivity index (χ0v) is 14.2. The van der Waals surface area contributed by atoms with Crippen molar-refractivity contribution in [2.45, 2.75) is 65.5 Å². The molecule has 4 heteroatoms. The predicted octanol–water partition coefficient (Wildman–Crippen LogP) is 2.57. The van der Waals surface area contributed by atoms with Crippen LogP contribution < -0.4 is 5.32 Å². The lowest BCUT2D eigenvalue weighted by molar-refractivity contribution is -0.118. The lowest BCUT2D eigenvalue weighted by Gasteiger charge is -2.15. The van der Waals surface area contributed by atoms with Gasteiger partial charge in [-0.05, 0) is 26.2 Å². The molecule has 0 saturated carbocycles. The molecule has 0 aromatic rings. The number of aldehydes is 1. The number of aliphatic hydroxyl groups excluding tert-OH is 1. The number of ketones is 1. The minimum absolute atomic E-state index is 0.0561. The molecule has 0 amide bonds. The fourth-order valence-corrected chi connectivity index (χ4v) is 2.87. The number of Topliss-reactive ketones (excluding diaryl/α,β-unsaturated/α-hetero) is 1. The Bertz CT molecular complexity index is 463. The molecule has 22 heavy (non-hydrogen) atoms. The Labute approximate surface area is 133 Å². The number of carbonyl (C=O) groups excluding carboxylic acids is 2. The Morgan fingerprint density at radius 1 is 1.36 bits per heavy atom. The number of nitrogens with one attached hydrogen (secondary N) is 1. The Morgan fingerprint density at radius 2 is 2.05 bits per heavy atom. The molecule has 1 heterocycles. The van der Waals surface area contributed by atoms with Crippen LogP contribution in [-0.2, 0) is 9.59 Å². The Morgan fingerprint density at radius 3 is 2.50 bits per heavy atom. The smallest absolute Gasteiger partial charge is 0.162 e. The van der Waals surface area contributed by atoms with Crippen molar-refractivity contribution in [1.82, 2.24) is 5.32 Å². The first kappa shape index (κ1) is 18.8. The molecule has 4 nitrogen and oxygen atoms in total. The van der Waals surface area contributed by atoms with Crippen LogP contribution in [0.2, 0.25) is 0 Å². The molecule has 1 aliphatic heterocycles. The van der Waals surface area contributed by atoms with E-state index in [-0.39, 0.29) is 30.4 Å². The Balaban J connectivity index is 3.05. The number of allylic oxidation sites excluding steroid dienone is 3. The van der Waals surface area contributed by atoms with Crippen LogP contribution in [0.25, 0.3) is 0 Å². The minimum atomic E-state index is -0.103. The van der Waals surface area contributed by atoms with E-state index in [0.717, 1.165) is 31.1 Å². The standard InChI is InChI=1S/C18H29NO3/c1-5-6-16(18(22)12(2)3)14(10-20)9-13(4)17-8-7-15(11-21)19-17/h9-10,12,15,17,19,21H,5-8,11H2,1-4H3/b13-9+,16-14-/t15-,17+/m0/s1. The summed E-state index contributed by atoms with van der Waals surface area (Å²) in [4.78, 5) is 23.8. The third-order valence-corrected chi connectivity index (χ3v) is 4.19. The number of hydrogen-bond acceptors (Lipinski definition) is 4. The highest BCUT2D eigenvalue weighted by molar-refractivity contribution is 6.02. The van der Waals surface area contributed by atoms with E-state index in [2.05, 4.69) is 5.32 Å². The molecule has 0 aromatic carbocycles. The van der Waals surface area contributed by atoms with E-state index in [1.54, 1.807) is 0 Å². The summed E-state index contributed by atoms with van der Waals surface area (Å²) in [5.74, 6) is -0.0470. The summed E-state index contributed by atoms with van der Waals surface area (Å²) in [7, 11) is 0. The third-order valence-electron chi connectivity index (χ3n) is 4.19. The quantitative estimate of drug-likeness (QED) is 0.411. The molecule has 1 aliphatic rings. The lowest BCUT2D eigenvalue weighted by atomic mass is 9.92. The van der Waals surface area contributed by atoms with Crippen molar-refractivity contribution in [3.05, 3.63) is 22.8 Å². The van der Waals surface area contributed by atoms with Gasteiger partial charge in [-0.2, -0.15) is 0 Å². The molecule has 0 unspecified atom stereocenters. The van der Waals surface area contributed by atoms with Gasteiger partial charge in [-0.15, -0.1) is 0 Å². The molecule has 0 aromatic heterocycles. The number of rotatable bonds is 8. The zero-order chi connectivity index (χ0) is 16.7. The normalized spacial score (nSPS) is 23.6. The van der Waals surface area contributed by atoms with Crippen molar-refractivity contribution < 1.29 is 14.7 Å². The maximum atomic E-state index is 12.3. The van der Waals surface area contributed by atoms with E-state index >= 15 is 0 Å². The zero-order valence-electron chi connectivity index (χ0n) is 14.2. The molecule has 1 fully saturated rings. The molecule has 0 bridgehead atoms. The molecule has 2 atom stereocenters. The van der Waals surface area contributed by atoms with Gasteiger partial charge in [0.25, 0.3) is 0 Å². The van der Waals surface area contributed by atoms with Gasteiger partial charge in [0.15, 0.2) is 5.78 Å². The topological polar surface area (TPSA) is 66.4 Å². The van der Waals surface area contributed by atoms with Gasteiger partial charge in [-0.3, -0.25) is 9.59 Å². The van der Waals surface area contributed by atoms with Crippen LogP contribution in [0.15, 0.2) is 22.8 Å². The first-order valence-electron chi connectivity index (χ1n) is 8.22. The van der Waals surface area contributed by atoms with E-state index in [1.165, 1.54) is 0 Å². The van der Waals surface area contributed by atoms with Gasteiger partial charge in [0.05, 0.1) is 6.61 Å². The first-order valence-corrected chi connectivity index (χ1v) is 8.22. The Hall–Kier alpha value is -1.26. The molecule has 0 aliphatic carbocycles. The van der Waals surface area contributed by atoms with Crippen LogP contribution in [0, 0.1) is 5.92 Å². The third kappa shape index (κ3) is 4.89. The highest BCUT2D eigenvalue weighted by atomic mass is 16.3. The monoisotopic (exact) mass is 307 g/mol. The van der Waals surface area contributed by atoms with Crippen LogP contribution in [0.1, 0.15) is 53.4 Å². The predicted molar refractivity (Wildman–Crippen MR) is 88.6 cm³/mol. The highest BCUT2D eigenvalue weighted by Gasteiger charge is 2.24. The van der Waals surface area contributed by atoms with Crippen LogP contribution in [-0.4, -0.2) is 35.9 Å². The largest absolute Gasteiger partial charge is 0.395 e. The van der Waals surface area contributed by atoms with Gasteiger partial charge in [-0.1, -0.05) is 38.8 Å². The summed E-state index contributed by atoms with van der Waals surface area (Å²) >= 11 is 0. The first-order chi connectivity index (χ1) is 10.4. The van der Waals surface area contributed by atoms with Gasteiger partial charge < -0.3 is 10.4 Å². The van der Waals surface area contributed by atoms with Crippen molar-refractivity contribution in [2.24, 2.45) is 5.92 Å². The second-order valence-electron chi connectivity index (χ2n) is 6.39. The maximum Gasteiger partial charge on any atom is 0.162 e. The SMILES string of the molecule is CCC/C(C(=O)C(C)C)=C(C=O)\C=C(/C)[C@H]1CC[C@@H](CO)N1. The minimum Gasteiger partial charge on any atom is -0.395 e. The average Bonchev–Trinajstić information content (AvgIpc) is 2.98. The molecule has 1 saturated heterocycles. The molecular formula is C18H29NO3. The second-order valence-corrected chi connectivity index (χ2v) is 6.39. The van der Waals surface area contributed by atoms with Gasteiger partial charge >= 0.3 is 0 Å². The second kappa shape index (κ2) is 9.01. The van der Waals surface area contributed by atoms with Crippen molar-refractivity contribution in [2.75, 3.05) is 6.61 Å². The molecule has 1 rings (SSSR count). The number of aliphatic hydroxyl groups is 1. The molecule has 0 radical (unpaired) electrons. The average molecular weight is 307 g/mol. The van der Waals surface area contributed by atoms with Gasteiger partial charge in [0.2, 0.25) is 0 Å². The van der Waals surface area contributed by atoms with E-state index < -0.39 is 0 Å². The van der Waals surface area contributed by atoms with Crippen molar-refractivity contribution in [3.63, 3.8) is 0 Å². The number of hydrogen-bond donors (Lipinski definition) is 2. The van der Waals surface area contributed by atoms with E-state index in [9.17, 15) is 14.7 Å².